The molecular formula is C18H17ClN2O2. The smallest absolute Gasteiger partial charge is 0.247 e. The van der Waals surface area contributed by atoms with Gasteiger partial charge in [0.05, 0.1) is 0 Å². The minimum atomic E-state index is -0.539. The van der Waals surface area contributed by atoms with Gasteiger partial charge in [-0.1, -0.05) is 35.9 Å². The molecule has 0 saturated carbocycles. The van der Waals surface area contributed by atoms with Crippen LogP contribution in [0.4, 0.5) is 11.4 Å². The Labute approximate surface area is 140 Å². The second-order valence-electron chi connectivity index (χ2n) is 5.64. The fourth-order valence-corrected chi connectivity index (χ4v) is 3.12. The van der Waals surface area contributed by atoms with Gasteiger partial charge < -0.3 is 5.32 Å². The first-order chi connectivity index (χ1) is 11.0. The number of nitrogens with one attached hydrogen (secondary N) is 1. The average molecular weight is 329 g/mol. The van der Waals surface area contributed by atoms with Gasteiger partial charge in [-0.15, -0.1) is 0 Å². The first kappa shape index (κ1) is 15.6. The topological polar surface area (TPSA) is 49.4 Å². The molecule has 0 fully saturated rings. The van der Waals surface area contributed by atoms with E-state index >= 15 is 0 Å². The lowest BCUT2D eigenvalue weighted by molar-refractivity contribution is -0.122. The Morgan fingerprint density at radius 3 is 2.65 bits per heavy atom. The summed E-state index contributed by atoms with van der Waals surface area (Å²) in [5, 5.41) is 3.49. The second kappa shape index (κ2) is 6.05. The third-order valence-electron chi connectivity index (χ3n) is 4.14. The van der Waals surface area contributed by atoms with E-state index in [1.807, 2.05) is 31.2 Å². The van der Waals surface area contributed by atoms with Crippen LogP contribution in [0.15, 0.2) is 42.5 Å². The van der Waals surface area contributed by atoms with Crippen molar-refractivity contribution in [1.82, 2.24) is 0 Å². The van der Waals surface area contributed by atoms with Gasteiger partial charge in [0.25, 0.3) is 0 Å². The fraction of sp³-hybridized carbons (Fsp3) is 0.222. The first-order valence-corrected chi connectivity index (χ1v) is 7.80. The Balaban J connectivity index is 1.88. The van der Waals surface area contributed by atoms with Gasteiger partial charge in [-0.2, -0.15) is 0 Å². The van der Waals surface area contributed by atoms with Crippen molar-refractivity contribution in [3.63, 3.8) is 0 Å². The highest BCUT2D eigenvalue weighted by Gasteiger charge is 2.36. The molecule has 2 aromatic rings. The van der Waals surface area contributed by atoms with Gasteiger partial charge >= 0.3 is 0 Å². The Kier molecular flexibility index (Phi) is 4.09. The number of rotatable bonds is 2. The molecule has 0 bridgehead atoms. The van der Waals surface area contributed by atoms with Crippen molar-refractivity contribution in [1.29, 1.82) is 0 Å². The van der Waals surface area contributed by atoms with Gasteiger partial charge in [0.2, 0.25) is 11.8 Å². The van der Waals surface area contributed by atoms with Gasteiger partial charge in [-0.05, 0) is 36.2 Å². The van der Waals surface area contributed by atoms with Crippen LogP contribution in [-0.2, 0) is 16.0 Å². The third kappa shape index (κ3) is 2.82. The molecule has 23 heavy (non-hydrogen) atoms. The van der Waals surface area contributed by atoms with E-state index in [4.69, 9.17) is 11.6 Å². The Bertz CT molecular complexity index is 788. The predicted octanol–water partition coefficient (Wildman–Crippen LogP) is 3.56. The molecule has 118 valence electrons. The molecule has 1 aliphatic heterocycles. The molecule has 1 N–H and O–H groups in total. The molecule has 1 heterocycles. The van der Waals surface area contributed by atoms with E-state index in [9.17, 15) is 9.59 Å². The summed E-state index contributed by atoms with van der Waals surface area (Å²) in [5.74, 6) is -0.348. The fourth-order valence-electron chi connectivity index (χ4n) is 2.94. The SMILES string of the molecule is CC(=O)N1c2ccccc2C[C@@H]1C(=O)Nc1cccc(Cl)c1C. The lowest BCUT2D eigenvalue weighted by atomic mass is 10.1. The summed E-state index contributed by atoms with van der Waals surface area (Å²) in [6.07, 6.45) is 0.515. The maximum absolute atomic E-state index is 12.7. The number of carbonyl (C=O) groups is 2. The Hall–Kier alpha value is -2.33. The summed E-state index contributed by atoms with van der Waals surface area (Å²) < 4.78 is 0. The van der Waals surface area contributed by atoms with Crippen molar-refractivity contribution in [2.24, 2.45) is 0 Å². The normalized spacial score (nSPS) is 16.1. The van der Waals surface area contributed by atoms with E-state index in [1.54, 1.807) is 23.1 Å². The zero-order chi connectivity index (χ0) is 16.6. The highest BCUT2D eigenvalue weighted by Crippen LogP contribution is 2.33. The summed E-state index contributed by atoms with van der Waals surface area (Å²) in [5.41, 5.74) is 3.29. The molecule has 3 rings (SSSR count). The zero-order valence-electron chi connectivity index (χ0n) is 13.0. The monoisotopic (exact) mass is 328 g/mol. The molecule has 1 aliphatic rings. The van der Waals surface area contributed by atoms with Crippen molar-refractivity contribution >= 4 is 34.8 Å². The molecule has 0 unspecified atom stereocenters. The number of nitrogens with zero attached hydrogens (tertiary/aromatic N) is 1. The summed E-state index contributed by atoms with van der Waals surface area (Å²) in [6, 6.07) is 12.4. The van der Waals surface area contributed by atoms with Crippen molar-refractivity contribution in [2.45, 2.75) is 26.3 Å². The second-order valence-corrected chi connectivity index (χ2v) is 6.05. The number of fused-ring (bicyclic) bond motifs is 1. The van der Waals surface area contributed by atoms with Crippen LogP contribution in [0, 0.1) is 6.92 Å². The van der Waals surface area contributed by atoms with E-state index in [2.05, 4.69) is 5.32 Å². The van der Waals surface area contributed by atoms with Crippen molar-refractivity contribution in [3.8, 4) is 0 Å². The maximum Gasteiger partial charge on any atom is 0.247 e. The van der Waals surface area contributed by atoms with Crippen LogP contribution in [-0.4, -0.2) is 17.9 Å². The Morgan fingerprint density at radius 1 is 1.17 bits per heavy atom. The van der Waals surface area contributed by atoms with E-state index in [-0.39, 0.29) is 11.8 Å². The molecule has 2 amide bonds. The highest BCUT2D eigenvalue weighted by molar-refractivity contribution is 6.31. The predicted molar refractivity (Wildman–Crippen MR) is 91.9 cm³/mol. The molecular weight excluding hydrogens is 312 g/mol. The van der Waals surface area contributed by atoms with Crippen LogP contribution in [0.1, 0.15) is 18.1 Å². The number of hydrogen-bond donors (Lipinski definition) is 1. The van der Waals surface area contributed by atoms with E-state index < -0.39 is 6.04 Å². The summed E-state index contributed by atoms with van der Waals surface area (Å²) in [6.45, 7) is 3.33. The van der Waals surface area contributed by atoms with Gasteiger partial charge in [-0.3, -0.25) is 14.5 Å². The maximum atomic E-state index is 12.7. The Morgan fingerprint density at radius 2 is 1.91 bits per heavy atom. The standard InChI is InChI=1S/C18H17ClN2O2/c1-11-14(19)7-5-8-15(11)20-18(23)17-10-13-6-3-4-9-16(13)21(17)12(2)22/h3-9,17H,10H2,1-2H3,(H,20,23)/t17-/m1/s1. The minimum absolute atomic E-state index is 0.141. The van der Waals surface area contributed by atoms with Gasteiger partial charge in [-0.25, -0.2) is 0 Å². The molecule has 4 nitrogen and oxygen atoms in total. The van der Waals surface area contributed by atoms with Gasteiger partial charge in [0.1, 0.15) is 6.04 Å². The minimum Gasteiger partial charge on any atom is -0.324 e. The first-order valence-electron chi connectivity index (χ1n) is 7.42. The number of benzene rings is 2. The van der Waals surface area contributed by atoms with Crippen LogP contribution in [0.5, 0.6) is 0 Å². The lowest BCUT2D eigenvalue weighted by Crippen LogP contribution is -2.44. The zero-order valence-corrected chi connectivity index (χ0v) is 13.7. The lowest BCUT2D eigenvalue weighted by Gasteiger charge is -2.23. The van der Waals surface area contributed by atoms with Crippen LogP contribution in [0.2, 0.25) is 5.02 Å². The third-order valence-corrected chi connectivity index (χ3v) is 4.55. The summed E-state index contributed by atoms with van der Waals surface area (Å²) >= 11 is 6.09. The molecule has 0 aromatic heterocycles. The van der Waals surface area contributed by atoms with Crippen LogP contribution in [0.3, 0.4) is 0 Å². The van der Waals surface area contributed by atoms with Gasteiger partial charge in [0, 0.05) is 29.7 Å². The van der Waals surface area contributed by atoms with Crippen LogP contribution >= 0.6 is 11.6 Å². The molecule has 0 aliphatic carbocycles. The average Bonchev–Trinajstić information content (AvgIpc) is 2.91. The number of hydrogen-bond acceptors (Lipinski definition) is 2. The van der Waals surface area contributed by atoms with E-state index in [0.717, 1.165) is 16.8 Å². The number of halogens is 1. The number of amides is 2. The van der Waals surface area contributed by atoms with E-state index in [0.29, 0.717) is 17.1 Å². The molecule has 1 atom stereocenters. The molecule has 0 spiro atoms. The largest absolute Gasteiger partial charge is 0.324 e. The molecule has 5 heteroatoms. The van der Waals surface area contributed by atoms with Crippen LogP contribution in [0.25, 0.3) is 0 Å². The molecule has 0 radical (unpaired) electrons. The van der Waals surface area contributed by atoms with E-state index in [1.165, 1.54) is 6.92 Å². The highest BCUT2D eigenvalue weighted by atomic mass is 35.5. The number of anilines is 2. The van der Waals surface area contributed by atoms with Crippen LogP contribution < -0.4 is 10.2 Å². The van der Waals surface area contributed by atoms with Crippen molar-refractivity contribution in [2.75, 3.05) is 10.2 Å². The van der Waals surface area contributed by atoms with Crippen molar-refractivity contribution in [3.05, 3.63) is 58.6 Å². The quantitative estimate of drug-likeness (QED) is 0.916. The molecule has 0 saturated heterocycles. The summed E-state index contributed by atoms with van der Waals surface area (Å²) in [7, 11) is 0. The summed E-state index contributed by atoms with van der Waals surface area (Å²) in [4.78, 5) is 26.3. The van der Waals surface area contributed by atoms with Gasteiger partial charge in [0.15, 0.2) is 0 Å². The molecule has 2 aromatic carbocycles. The number of para-hydroxylation sites is 1. The number of carbonyl (C=O) groups excluding carboxylic acids is 2. The van der Waals surface area contributed by atoms with Crippen molar-refractivity contribution < 1.29 is 9.59 Å².